The number of nitrogens with zero attached hydrogens (tertiary/aromatic N) is 3. The van der Waals surface area contributed by atoms with Gasteiger partial charge in [-0.1, -0.05) is 0 Å². The van der Waals surface area contributed by atoms with Crippen LogP contribution in [0.5, 0.6) is 17.2 Å². The molecular formula is C23H29N5O4. The van der Waals surface area contributed by atoms with Gasteiger partial charge in [0.25, 0.3) is 0 Å². The van der Waals surface area contributed by atoms with Gasteiger partial charge in [-0.3, -0.25) is 4.79 Å². The van der Waals surface area contributed by atoms with Gasteiger partial charge >= 0.3 is 0 Å². The second-order valence-electron chi connectivity index (χ2n) is 8.00. The number of fused-ring (bicyclic) bond motifs is 1. The molecule has 1 amide bonds. The lowest BCUT2D eigenvalue weighted by Crippen LogP contribution is -2.44. The van der Waals surface area contributed by atoms with Crippen molar-refractivity contribution >= 4 is 23.4 Å². The fourth-order valence-corrected chi connectivity index (χ4v) is 4.29. The van der Waals surface area contributed by atoms with Gasteiger partial charge in [-0.05, 0) is 31.0 Å². The van der Waals surface area contributed by atoms with Gasteiger partial charge in [0.1, 0.15) is 17.7 Å². The van der Waals surface area contributed by atoms with Crippen molar-refractivity contribution < 1.29 is 19.0 Å². The smallest absolute Gasteiger partial charge is 0.222 e. The van der Waals surface area contributed by atoms with Crippen LogP contribution in [0.1, 0.15) is 26.2 Å². The quantitative estimate of drug-likeness (QED) is 0.714. The molecule has 2 aromatic rings. The second kappa shape index (κ2) is 9.33. The van der Waals surface area contributed by atoms with Crippen molar-refractivity contribution in [2.24, 2.45) is 4.99 Å². The lowest BCUT2D eigenvalue weighted by Gasteiger charge is -2.34. The maximum atomic E-state index is 11.3. The minimum absolute atomic E-state index is 0.0569. The summed E-state index contributed by atoms with van der Waals surface area (Å²) in [7, 11) is 5.31. The van der Waals surface area contributed by atoms with E-state index in [2.05, 4.69) is 27.6 Å². The number of anilines is 2. The van der Waals surface area contributed by atoms with Crippen molar-refractivity contribution in [3.8, 4) is 17.2 Å². The van der Waals surface area contributed by atoms with Gasteiger partial charge in [0, 0.05) is 44.4 Å². The van der Waals surface area contributed by atoms with Crippen LogP contribution in [-0.2, 0) is 4.79 Å². The molecule has 2 N–H and O–H groups in total. The molecule has 0 bridgehead atoms. The molecule has 1 aromatic heterocycles. The zero-order chi connectivity index (χ0) is 22.7. The Morgan fingerprint density at radius 2 is 1.94 bits per heavy atom. The summed E-state index contributed by atoms with van der Waals surface area (Å²) in [6.07, 6.45) is 4.43. The van der Waals surface area contributed by atoms with E-state index in [-0.39, 0.29) is 18.1 Å². The summed E-state index contributed by atoms with van der Waals surface area (Å²) in [6.45, 7) is 1.46. The standard InChI is InChI=1S/C23H29N5O4/c1-14(29)25-22-13-17(9-10-24-22)32-16-6-7-19-18(12-16)27-23(28(19)2)26-15-5-8-20(30-3)21(11-15)31-4/h5,8-11,13,16,18-19H,6-7,12H2,1-4H3,(H,26,27)(H,24,25,29)/t16?,18-,19?/m0/s1. The fourth-order valence-electron chi connectivity index (χ4n) is 4.29. The van der Waals surface area contributed by atoms with E-state index in [4.69, 9.17) is 19.2 Å². The van der Waals surface area contributed by atoms with Gasteiger partial charge in [-0.25, -0.2) is 9.98 Å². The number of nitrogens with one attached hydrogen (secondary N) is 2. The molecule has 1 saturated carbocycles. The molecule has 3 atom stereocenters. The van der Waals surface area contributed by atoms with E-state index in [9.17, 15) is 4.79 Å². The van der Waals surface area contributed by atoms with Crippen LogP contribution in [0.2, 0.25) is 0 Å². The first-order chi connectivity index (χ1) is 15.5. The predicted molar refractivity (Wildman–Crippen MR) is 123 cm³/mol. The summed E-state index contributed by atoms with van der Waals surface area (Å²) < 4.78 is 16.9. The summed E-state index contributed by atoms with van der Waals surface area (Å²) >= 11 is 0. The summed E-state index contributed by atoms with van der Waals surface area (Å²) in [5.41, 5.74) is 0.891. The van der Waals surface area contributed by atoms with E-state index < -0.39 is 0 Å². The molecule has 2 heterocycles. The molecule has 0 saturated heterocycles. The molecular weight excluding hydrogens is 410 g/mol. The van der Waals surface area contributed by atoms with Crippen LogP contribution < -0.4 is 24.8 Å². The number of benzene rings is 1. The minimum atomic E-state index is -0.159. The second-order valence-corrected chi connectivity index (χ2v) is 8.00. The van der Waals surface area contributed by atoms with E-state index in [0.717, 1.165) is 30.9 Å². The Bertz CT molecular complexity index is 1010. The molecule has 170 valence electrons. The van der Waals surface area contributed by atoms with Crippen LogP contribution in [0.4, 0.5) is 11.5 Å². The molecule has 1 aliphatic heterocycles. The Morgan fingerprint density at radius 1 is 1.12 bits per heavy atom. The van der Waals surface area contributed by atoms with Crippen LogP contribution >= 0.6 is 0 Å². The third kappa shape index (κ3) is 4.71. The van der Waals surface area contributed by atoms with Gasteiger partial charge < -0.3 is 29.7 Å². The van der Waals surface area contributed by atoms with Gasteiger partial charge in [0.05, 0.1) is 26.3 Å². The number of aromatic nitrogens is 1. The lowest BCUT2D eigenvalue weighted by atomic mass is 9.89. The maximum absolute atomic E-state index is 11.3. The summed E-state index contributed by atoms with van der Waals surface area (Å²) in [6, 6.07) is 9.77. The number of carbonyl (C=O) groups excluding carboxylic acids is 1. The topological polar surface area (TPSA) is 97.3 Å². The Hall–Kier alpha value is -3.49. The predicted octanol–water partition coefficient (Wildman–Crippen LogP) is 3.14. The van der Waals surface area contributed by atoms with Gasteiger partial charge in [-0.2, -0.15) is 0 Å². The van der Waals surface area contributed by atoms with E-state index in [1.165, 1.54) is 6.92 Å². The first-order valence-electron chi connectivity index (χ1n) is 10.7. The van der Waals surface area contributed by atoms with Crippen molar-refractivity contribution in [1.82, 2.24) is 9.88 Å². The number of carbonyl (C=O) groups is 1. The SMILES string of the molecule is COc1ccc(NC2=N[C@H]3CC(Oc4ccnc(NC(C)=O)c4)CCC3N2C)cc1OC. The summed E-state index contributed by atoms with van der Waals surface area (Å²) in [5.74, 6) is 3.22. The highest BCUT2D eigenvalue weighted by molar-refractivity contribution is 5.95. The fraction of sp³-hybridized carbons (Fsp3) is 0.435. The summed E-state index contributed by atoms with van der Waals surface area (Å²) in [5, 5.41) is 6.10. The Kier molecular flexibility index (Phi) is 6.34. The molecule has 2 unspecified atom stereocenters. The van der Waals surface area contributed by atoms with Crippen molar-refractivity contribution in [2.45, 2.75) is 44.4 Å². The first-order valence-corrected chi connectivity index (χ1v) is 10.7. The highest BCUT2D eigenvalue weighted by atomic mass is 16.5. The molecule has 1 fully saturated rings. The van der Waals surface area contributed by atoms with Crippen molar-refractivity contribution in [2.75, 3.05) is 31.9 Å². The van der Waals surface area contributed by atoms with Crippen LogP contribution in [0, 0.1) is 0 Å². The molecule has 1 aliphatic carbocycles. The number of rotatable bonds is 6. The number of hydrogen-bond acceptors (Lipinski definition) is 8. The van der Waals surface area contributed by atoms with Gasteiger partial charge in [0.2, 0.25) is 5.91 Å². The van der Waals surface area contributed by atoms with Crippen LogP contribution in [0.3, 0.4) is 0 Å². The highest BCUT2D eigenvalue weighted by Crippen LogP contribution is 2.34. The van der Waals surface area contributed by atoms with Crippen molar-refractivity contribution in [3.63, 3.8) is 0 Å². The number of hydrogen-bond donors (Lipinski definition) is 2. The van der Waals surface area contributed by atoms with Gasteiger partial charge in [-0.15, -0.1) is 0 Å². The largest absolute Gasteiger partial charge is 0.493 e. The molecule has 9 heteroatoms. The minimum Gasteiger partial charge on any atom is -0.493 e. The number of pyridine rings is 1. The first kappa shape index (κ1) is 21.7. The zero-order valence-electron chi connectivity index (χ0n) is 18.8. The third-order valence-electron chi connectivity index (χ3n) is 5.83. The maximum Gasteiger partial charge on any atom is 0.222 e. The third-order valence-corrected chi connectivity index (χ3v) is 5.83. The monoisotopic (exact) mass is 439 g/mol. The molecule has 4 rings (SSSR count). The molecule has 2 aliphatic rings. The van der Waals surface area contributed by atoms with Crippen molar-refractivity contribution in [3.05, 3.63) is 36.5 Å². The number of likely N-dealkylation sites (N-methyl/N-ethyl adjacent to an activating group) is 1. The van der Waals surface area contributed by atoms with E-state index in [0.29, 0.717) is 29.1 Å². The van der Waals surface area contributed by atoms with E-state index >= 15 is 0 Å². The van der Waals surface area contributed by atoms with Crippen LogP contribution in [0.25, 0.3) is 0 Å². The van der Waals surface area contributed by atoms with Gasteiger partial charge in [0.15, 0.2) is 17.5 Å². The number of guanidine groups is 1. The Balaban J connectivity index is 1.42. The Morgan fingerprint density at radius 3 is 2.69 bits per heavy atom. The normalized spacial score (nSPS) is 21.9. The average Bonchev–Trinajstić information content (AvgIpc) is 3.08. The molecule has 0 spiro atoms. The Labute approximate surface area is 187 Å². The number of aliphatic imine (C=N–C) groups is 1. The molecule has 32 heavy (non-hydrogen) atoms. The average molecular weight is 440 g/mol. The molecule has 1 aromatic carbocycles. The van der Waals surface area contributed by atoms with E-state index in [1.807, 2.05) is 24.3 Å². The summed E-state index contributed by atoms with van der Waals surface area (Å²) in [4.78, 5) is 22.6. The number of methoxy groups -OCH3 is 2. The van der Waals surface area contributed by atoms with E-state index in [1.54, 1.807) is 26.5 Å². The van der Waals surface area contributed by atoms with Crippen LogP contribution in [0.15, 0.2) is 41.5 Å². The lowest BCUT2D eigenvalue weighted by molar-refractivity contribution is -0.114. The highest BCUT2D eigenvalue weighted by Gasteiger charge is 2.39. The van der Waals surface area contributed by atoms with Crippen LogP contribution in [-0.4, -0.2) is 61.2 Å². The van der Waals surface area contributed by atoms with Crippen molar-refractivity contribution in [1.29, 1.82) is 0 Å². The number of ether oxygens (including phenoxy) is 3. The zero-order valence-corrected chi connectivity index (χ0v) is 18.8. The molecule has 9 nitrogen and oxygen atoms in total. The molecule has 0 radical (unpaired) electrons. The number of amides is 1.